The number of hydrogen-bond acceptors (Lipinski definition) is 2. The maximum atomic E-state index is 11.8. The van der Waals surface area contributed by atoms with Crippen molar-refractivity contribution in [2.45, 2.75) is 41.0 Å². The van der Waals surface area contributed by atoms with Gasteiger partial charge in [0.1, 0.15) is 0 Å². The second-order valence-corrected chi connectivity index (χ2v) is 6.20. The Kier molecular flexibility index (Phi) is 5.94. The van der Waals surface area contributed by atoms with Gasteiger partial charge in [0.05, 0.1) is 0 Å². The van der Waals surface area contributed by atoms with Crippen molar-refractivity contribution in [1.29, 1.82) is 0 Å². The van der Waals surface area contributed by atoms with Crippen molar-refractivity contribution in [3.63, 3.8) is 0 Å². The molecule has 0 saturated heterocycles. The summed E-state index contributed by atoms with van der Waals surface area (Å²) in [6, 6.07) is 7.95. The van der Waals surface area contributed by atoms with E-state index in [1.54, 1.807) is 11.8 Å². The Bertz CT molecular complexity index is 487. The van der Waals surface area contributed by atoms with Crippen molar-refractivity contribution in [2.75, 3.05) is 18.0 Å². The van der Waals surface area contributed by atoms with Crippen molar-refractivity contribution >= 4 is 17.5 Å². The van der Waals surface area contributed by atoms with E-state index in [0.717, 1.165) is 12.1 Å². The predicted octanol–water partition coefficient (Wildman–Crippen LogP) is 2.76. The molecule has 1 aromatic rings. The van der Waals surface area contributed by atoms with Crippen LogP contribution in [0.3, 0.4) is 0 Å². The number of hydrogen-bond donors (Lipinski definition) is 1. The third-order valence-electron chi connectivity index (χ3n) is 3.34. The molecular weight excluding hydrogens is 264 g/mol. The van der Waals surface area contributed by atoms with Gasteiger partial charge in [0.15, 0.2) is 0 Å². The molecule has 0 saturated carbocycles. The van der Waals surface area contributed by atoms with Gasteiger partial charge < -0.3 is 10.2 Å². The molecular formula is C17H26N2O2. The molecule has 0 fully saturated rings. The number of benzene rings is 1. The van der Waals surface area contributed by atoms with E-state index in [-0.39, 0.29) is 11.8 Å². The molecule has 0 unspecified atom stereocenters. The van der Waals surface area contributed by atoms with Gasteiger partial charge in [0.25, 0.3) is 0 Å². The van der Waals surface area contributed by atoms with Crippen LogP contribution >= 0.6 is 0 Å². The van der Waals surface area contributed by atoms with Crippen LogP contribution in [0.1, 0.15) is 40.2 Å². The number of aryl methyl sites for hydroxylation is 1. The highest BCUT2D eigenvalue weighted by molar-refractivity contribution is 5.91. The number of carbonyl (C=O) groups excluding carboxylic acids is 2. The van der Waals surface area contributed by atoms with Gasteiger partial charge in [-0.05, 0) is 24.1 Å². The highest BCUT2D eigenvalue weighted by atomic mass is 16.2. The molecule has 0 aliphatic carbocycles. The first-order valence-electron chi connectivity index (χ1n) is 7.41. The second-order valence-electron chi connectivity index (χ2n) is 6.20. The fourth-order valence-corrected chi connectivity index (χ4v) is 1.93. The number of nitrogens with zero attached hydrogens (tertiary/aromatic N) is 1. The summed E-state index contributed by atoms with van der Waals surface area (Å²) >= 11 is 0. The Labute approximate surface area is 127 Å². The molecule has 21 heavy (non-hydrogen) atoms. The Hall–Kier alpha value is -1.84. The van der Waals surface area contributed by atoms with Crippen LogP contribution in [0, 0.1) is 5.41 Å². The molecule has 0 bridgehead atoms. The third kappa shape index (κ3) is 5.21. The molecule has 2 amide bonds. The largest absolute Gasteiger partial charge is 0.354 e. The highest BCUT2D eigenvalue weighted by Crippen LogP contribution is 2.16. The minimum absolute atomic E-state index is 0.00710. The van der Waals surface area contributed by atoms with Crippen LogP contribution in [-0.4, -0.2) is 24.9 Å². The van der Waals surface area contributed by atoms with Crippen LogP contribution in [0.15, 0.2) is 24.3 Å². The third-order valence-corrected chi connectivity index (χ3v) is 3.34. The lowest BCUT2D eigenvalue weighted by atomic mass is 9.96. The van der Waals surface area contributed by atoms with Crippen LogP contribution in [0.5, 0.6) is 0 Å². The molecule has 0 atom stereocenters. The first-order chi connectivity index (χ1) is 9.75. The molecule has 0 heterocycles. The number of carbonyl (C=O) groups is 2. The average Bonchev–Trinajstić information content (AvgIpc) is 2.42. The Morgan fingerprint density at radius 2 is 1.71 bits per heavy atom. The van der Waals surface area contributed by atoms with Gasteiger partial charge in [-0.25, -0.2) is 0 Å². The molecule has 0 aromatic heterocycles. The van der Waals surface area contributed by atoms with E-state index in [2.05, 4.69) is 12.2 Å². The second kappa shape index (κ2) is 7.25. The zero-order valence-corrected chi connectivity index (χ0v) is 13.7. The maximum absolute atomic E-state index is 11.8. The SMILES string of the molecule is CCc1ccc(N(CCNC(=O)C(C)(C)C)C(C)=O)cc1. The van der Waals surface area contributed by atoms with E-state index < -0.39 is 5.41 Å². The van der Waals surface area contributed by atoms with Crippen molar-refractivity contribution in [2.24, 2.45) is 5.41 Å². The highest BCUT2D eigenvalue weighted by Gasteiger charge is 2.21. The summed E-state index contributed by atoms with van der Waals surface area (Å²) in [5, 5.41) is 2.87. The molecule has 1 aromatic carbocycles. The van der Waals surface area contributed by atoms with E-state index in [1.165, 1.54) is 5.56 Å². The van der Waals surface area contributed by atoms with Gasteiger partial charge in [-0.15, -0.1) is 0 Å². The number of anilines is 1. The summed E-state index contributed by atoms with van der Waals surface area (Å²) in [5.41, 5.74) is 1.69. The molecule has 0 aliphatic heterocycles. The van der Waals surface area contributed by atoms with E-state index in [9.17, 15) is 9.59 Å². The lowest BCUT2D eigenvalue weighted by Crippen LogP contribution is -2.41. The Morgan fingerprint density at radius 3 is 2.14 bits per heavy atom. The smallest absolute Gasteiger partial charge is 0.225 e. The number of amides is 2. The molecule has 116 valence electrons. The first-order valence-corrected chi connectivity index (χ1v) is 7.41. The fraction of sp³-hybridized carbons (Fsp3) is 0.529. The van der Waals surface area contributed by atoms with E-state index in [0.29, 0.717) is 13.1 Å². The van der Waals surface area contributed by atoms with Crippen molar-refractivity contribution < 1.29 is 9.59 Å². The normalized spacial score (nSPS) is 11.1. The van der Waals surface area contributed by atoms with Crippen LogP contribution in [0.2, 0.25) is 0 Å². The van der Waals surface area contributed by atoms with Crippen molar-refractivity contribution in [3.8, 4) is 0 Å². The Balaban J connectivity index is 2.66. The van der Waals surface area contributed by atoms with Gasteiger partial charge in [-0.1, -0.05) is 39.8 Å². The van der Waals surface area contributed by atoms with Gasteiger partial charge in [-0.2, -0.15) is 0 Å². The standard InChI is InChI=1S/C17H26N2O2/c1-6-14-7-9-15(10-8-14)19(13(2)20)12-11-18-16(21)17(3,4)5/h7-10H,6,11-12H2,1-5H3,(H,18,21). The Morgan fingerprint density at radius 1 is 1.14 bits per heavy atom. The van der Waals surface area contributed by atoms with Crippen molar-refractivity contribution in [1.82, 2.24) is 5.32 Å². The zero-order valence-electron chi connectivity index (χ0n) is 13.7. The molecule has 0 spiro atoms. The average molecular weight is 290 g/mol. The van der Waals surface area contributed by atoms with Gasteiger partial charge >= 0.3 is 0 Å². The summed E-state index contributed by atoms with van der Waals surface area (Å²) < 4.78 is 0. The molecule has 4 nitrogen and oxygen atoms in total. The number of nitrogens with one attached hydrogen (secondary N) is 1. The fourth-order valence-electron chi connectivity index (χ4n) is 1.93. The summed E-state index contributed by atoms with van der Waals surface area (Å²) in [7, 11) is 0. The van der Waals surface area contributed by atoms with E-state index in [4.69, 9.17) is 0 Å². The van der Waals surface area contributed by atoms with Crippen molar-refractivity contribution in [3.05, 3.63) is 29.8 Å². The molecule has 0 aliphatic rings. The van der Waals surface area contributed by atoms with Gasteiger partial charge in [-0.3, -0.25) is 9.59 Å². The minimum Gasteiger partial charge on any atom is -0.354 e. The maximum Gasteiger partial charge on any atom is 0.225 e. The summed E-state index contributed by atoms with van der Waals surface area (Å²) in [4.78, 5) is 25.3. The van der Waals surface area contributed by atoms with Crippen LogP contribution in [-0.2, 0) is 16.0 Å². The molecule has 1 N–H and O–H groups in total. The number of rotatable bonds is 5. The molecule has 1 rings (SSSR count). The summed E-state index contributed by atoms with van der Waals surface area (Å²) in [6.45, 7) is 10.2. The quantitative estimate of drug-likeness (QED) is 0.906. The first kappa shape index (κ1) is 17.2. The monoisotopic (exact) mass is 290 g/mol. The topological polar surface area (TPSA) is 49.4 Å². The van der Waals surface area contributed by atoms with Crippen LogP contribution in [0.25, 0.3) is 0 Å². The van der Waals surface area contributed by atoms with Gasteiger partial charge in [0, 0.05) is 31.1 Å². The predicted molar refractivity (Wildman–Crippen MR) is 86.3 cm³/mol. The minimum atomic E-state index is -0.413. The van der Waals surface area contributed by atoms with E-state index in [1.807, 2.05) is 45.0 Å². The summed E-state index contributed by atoms with van der Waals surface area (Å²) in [5.74, 6) is -0.0309. The molecule has 4 heteroatoms. The van der Waals surface area contributed by atoms with Crippen LogP contribution in [0.4, 0.5) is 5.69 Å². The molecule has 0 radical (unpaired) electrons. The summed E-state index contributed by atoms with van der Waals surface area (Å²) in [6.07, 6.45) is 0.974. The van der Waals surface area contributed by atoms with E-state index >= 15 is 0 Å². The lowest BCUT2D eigenvalue weighted by molar-refractivity contribution is -0.128. The van der Waals surface area contributed by atoms with Crippen LogP contribution < -0.4 is 10.2 Å². The zero-order chi connectivity index (χ0) is 16.0. The van der Waals surface area contributed by atoms with Gasteiger partial charge in [0.2, 0.25) is 11.8 Å². The lowest BCUT2D eigenvalue weighted by Gasteiger charge is -2.23.